The third-order valence-corrected chi connectivity index (χ3v) is 9.06. The zero-order chi connectivity index (χ0) is 27.6. The van der Waals surface area contributed by atoms with Crippen LogP contribution in [0.3, 0.4) is 0 Å². The number of unbranched alkanes of at least 4 members (excludes halogenated alkanes) is 1. The molecule has 0 heterocycles. The molecule has 0 saturated carbocycles. The van der Waals surface area contributed by atoms with E-state index in [1.54, 1.807) is 32.4 Å². The number of hydrogen-bond acceptors (Lipinski definition) is 3. The van der Waals surface area contributed by atoms with E-state index in [-0.39, 0.29) is 11.7 Å². The first-order valence-corrected chi connectivity index (χ1v) is 15.8. The molecule has 0 fully saturated rings. The predicted molar refractivity (Wildman–Crippen MR) is 166 cm³/mol. The van der Waals surface area contributed by atoms with Gasteiger partial charge in [-0.15, -0.1) is 0 Å². The lowest BCUT2D eigenvalue weighted by molar-refractivity contribution is 0.397. The average Bonchev–Trinajstić information content (AvgIpc) is 2.98. The number of ether oxygens (including phenoxy) is 2. The average molecular weight is 580 g/mol. The van der Waals surface area contributed by atoms with E-state index in [9.17, 15) is 5.11 Å². The second-order valence-electron chi connectivity index (χ2n) is 9.23. The molecule has 1 unspecified atom stereocenters. The molecule has 202 valence electrons. The van der Waals surface area contributed by atoms with Gasteiger partial charge < -0.3 is 14.6 Å². The number of methoxy groups -OCH3 is 2. The predicted octanol–water partition coefficient (Wildman–Crippen LogP) is 10.1. The summed E-state index contributed by atoms with van der Waals surface area (Å²) in [4.78, 5) is 0. The van der Waals surface area contributed by atoms with Gasteiger partial charge >= 0.3 is 0 Å². The van der Waals surface area contributed by atoms with Crippen LogP contribution in [0.15, 0.2) is 103 Å². The lowest BCUT2D eigenvalue weighted by Gasteiger charge is -2.22. The van der Waals surface area contributed by atoms with Crippen LogP contribution in [-0.4, -0.2) is 25.5 Å². The largest absolute Gasteiger partial charge is 0.507 e. The normalized spacial score (nSPS) is 12.4. The monoisotopic (exact) mass is 578 g/mol. The van der Waals surface area contributed by atoms with E-state index in [0.717, 1.165) is 59.2 Å². The summed E-state index contributed by atoms with van der Waals surface area (Å²) in [5.41, 5.74) is 4.89. The van der Waals surface area contributed by atoms with Crippen molar-refractivity contribution in [3.8, 4) is 17.2 Å². The molecule has 4 aromatic carbocycles. The first-order valence-electron chi connectivity index (χ1n) is 13.0. The highest BCUT2D eigenvalue weighted by Gasteiger charge is 2.21. The molecule has 4 aromatic rings. The first kappa shape index (κ1) is 29.0. The van der Waals surface area contributed by atoms with E-state index in [1.807, 2.05) is 54.6 Å². The van der Waals surface area contributed by atoms with Crippen molar-refractivity contribution >= 4 is 35.7 Å². The van der Waals surface area contributed by atoms with E-state index in [2.05, 4.69) is 30.1 Å². The molecule has 0 aromatic heterocycles. The van der Waals surface area contributed by atoms with Crippen LogP contribution < -0.4 is 9.47 Å². The lowest BCUT2D eigenvalue weighted by Crippen LogP contribution is -2.06. The summed E-state index contributed by atoms with van der Waals surface area (Å²) in [6.45, 7) is 0. The molecule has 0 aliphatic carbocycles. The van der Waals surface area contributed by atoms with Crippen molar-refractivity contribution in [2.45, 2.75) is 25.2 Å². The fraction of sp³-hybridized carbons (Fsp3) is 0.212. The molecule has 0 bridgehead atoms. The Labute approximate surface area is 242 Å². The molecular formula is C33H33Cl2O3P. The van der Waals surface area contributed by atoms with Crippen molar-refractivity contribution in [3.63, 3.8) is 0 Å². The Morgan fingerprint density at radius 1 is 0.821 bits per heavy atom. The summed E-state index contributed by atoms with van der Waals surface area (Å²) in [5.74, 6) is 4.17. The number of benzene rings is 4. The first-order chi connectivity index (χ1) is 19.0. The molecule has 4 rings (SSSR count). The third kappa shape index (κ3) is 7.57. The van der Waals surface area contributed by atoms with Crippen LogP contribution in [0.2, 0.25) is 5.02 Å². The van der Waals surface area contributed by atoms with Crippen molar-refractivity contribution in [1.82, 2.24) is 0 Å². The highest BCUT2D eigenvalue weighted by Crippen LogP contribution is 2.49. The number of hydrogen-bond donors (Lipinski definition) is 1. The molecule has 0 spiro atoms. The number of rotatable bonds is 12. The Bertz CT molecular complexity index is 1340. The molecule has 1 N–H and O–H groups in total. The van der Waals surface area contributed by atoms with Crippen LogP contribution in [0.5, 0.6) is 17.2 Å². The minimum Gasteiger partial charge on any atom is -0.507 e. The van der Waals surface area contributed by atoms with Crippen molar-refractivity contribution in [1.29, 1.82) is 0 Å². The van der Waals surface area contributed by atoms with Gasteiger partial charge in [0.05, 0.1) is 14.2 Å². The molecule has 0 saturated heterocycles. The summed E-state index contributed by atoms with van der Waals surface area (Å²) >= 11 is 13.2. The molecule has 0 radical (unpaired) electrons. The Hall–Kier alpha value is -2.97. The van der Waals surface area contributed by atoms with Crippen molar-refractivity contribution in [2.24, 2.45) is 0 Å². The number of halogens is 2. The van der Waals surface area contributed by atoms with Gasteiger partial charge in [0.1, 0.15) is 17.2 Å². The van der Waals surface area contributed by atoms with Gasteiger partial charge in [-0.1, -0.05) is 96.0 Å². The standard InChI is InChI=1S/C33H33Cl2O3P/c1-37-32-17-8-6-15-27(32)26(28-16-7-9-18-33(28)38-2)14-10-11-21-39(35)23-30(24-12-4-3-5-13-24)29-22-25(34)19-20-31(29)36/h3-9,12-13,15-20,22-23,26,36H,10-11,14,21H2,1-2H3/b30-23-. The van der Waals surface area contributed by atoms with Crippen molar-refractivity contribution < 1.29 is 14.6 Å². The van der Waals surface area contributed by atoms with E-state index >= 15 is 0 Å². The van der Waals surface area contributed by atoms with E-state index in [0.29, 0.717) is 10.6 Å². The maximum atomic E-state index is 10.6. The SMILES string of the molecule is COc1ccccc1C(CCCCP(Cl)/C=C(/c1ccccc1)c1cc(Cl)ccc1O)c1ccccc1OC. The zero-order valence-corrected chi connectivity index (χ0v) is 24.6. The molecule has 1 atom stereocenters. The highest BCUT2D eigenvalue weighted by molar-refractivity contribution is 7.86. The van der Waals surface area contributed by atoms with Gasteiger partial charge in [0, 0.05) is 34.9 Å². The van der Waals surface area contributed by atoms with Gasteiger partial charge in [0.25, 0.3) is 0 Å². The van der Waals surface area contributed by atoms with Crippen LogP contribution in [0.25, 0.3) is 5.57 Å². The van der Waals surface area contributed by atoms with Crippen LogP contribution >= 0.6 is 30.1 Å². The smallest absolute Gasteiger partial charge is 0.123 e. The summed E-state index contributed by atoms with van der Waals surface area (Å²) < 4.78 is 11.4. The van der Waals surface area contributed by atoms with Crippen LogP contribution in [0, 0.1) is 0 Å². The number of phenols is 1. The Kier molecular flexibility index (Phi) is 10.7. The van der Waals surface area contributed by atoms with Crippen LogP contribution in [0.4, 0.5) is 0 Å². The van der Waals surface area contributed by atoms with Gasteiger partial charge in [0.15, 0.2) is 0 Å². The minimum absolute atomic E-state index is 0.137. The summed E-state index contributed by atoms with van der Waals surface area (Å²) in [6.07, 6.45) is 3.75. The van der Waals surface area contributed by atoms with Gasteiger partial charge in [-0.25, -0.2) is 0 Å². The maximum absolute atomic E-state index is 10.6. The number of aromatic hydroxyl groups is 1. The fourth-order valence-corrected chi connectivity index (χ4v) is 6.89. The van der Waals surface area contributed by atoms with Gasteiger partial charge in [0.2, 0.25) is 0 Å². The second kappa shape index (κ2) is 14.4. The van der Waals surface area contributed by atoms with Gasteiger partial charge in [-0.2, -0.15) is 0 Å². The molecule has 3 nitrogen and oxygen atoms in total. The fourth-order valence-electron chi connectivity index (χ4n) is 4.84. The van der Waals surface area contributed by atoms with Crippen molar-refractivity contribution in [2.75, 3.05) is 20.4 Å². The second-order valence-corrected chi connectivity index (χ2v) is 12.5. The van der Waals surface area contributed by atoms with Gasteiger partial charge in [-0.3, -0.25) is 0 Å². The Morgan fingerprint density at radius 3 is 2.03 bits per heavy atom. The Morgan fingerprint density at radius 2 is 1.41 bits per heavy atom. The Balaban J connectivity index is 1.52. The summed E-state index contributed by atoms with van der Waals surface area (Å²) in [6, 6.07) is 31.5. The quantitative estimate of drug-likeness (QED) is 0.134. The summed E-state index contributed by atoms with van der Waals surface area (Å²) in [7, 11) is 2.49. The van der Waals surface area contributed by atoms with E-state index in [1.165, 1.54) is 0 Å². The molecule has 6 heteroatoms. The minimum atomic E-state index is -0.941. The van der Waals surface area contributed by atoms with Crippen molar-refractivity contribution in [3.05, 3.63) is 130 Å². The number of para-hydroxylation sites is 2. The molecule has 0 amide bonds. The molecule has 39 heavy (non-hydrogen) atoms. The molecule has 0 aliphatic heterocycles. The van der Waals surface area contributed by atoms with Crippen LogP contribution in [0.1, 0.15) is 47.4 Å². The molecular weight excluding hydrogens is 546 g/mol. The van der Waals surface area contributed by atoms with Crippen LogP contribution in [-0.2, 0) is 0 Å². The zero-order valence-electron chi connectivity index (χ0n) is 22.2. The third-order valence-electron chi connectivity index (χ3n) is 6.75. The maximum Gasteiger partial charge on any atom is 0.123 e. The topological polar surface area (TPSA) is 38.7 Å². The van der Waals surface area contributed by atoms with E-state index in [4.69, 9.17) is 32.3 Å². The highest BCUT2D eigenvalue weighted by atomic mass is 35.7. The number of phenolic OH excluding ortho intramolecular Hbond substituents is 1. The lowest BCUT2D eigenvalue weighted by atomic mass is 9.86. The van der Waals surface area contributed by atoms with E-state index < -0.39 is 7.27 Å². The molecule has 0 aliphatic rings. The van der Waals surface area contributed by atoms with Gasteiger partial charge in [-0.05, 0) is 66.3 Å². The summed E-state index contributed by atoms with van der Waals surface area (Å²) in [5, 5.41) is 11.2.